The van der Waals surface area contributed by atoms with E-state index in [4.69, 9.17) is 9.84 Å². The molecule has 110 valence electrons. The number of hydrogen-bond acceptors (Lipinski definition) is 4. The quantitative estimate of drug-likeness (QED) is 0.727. The van der Waals surface area contributed by atoms with E-state index in [0.717, 1.165) is 13.0 Å². The minimum Gasteiger partial charge on any atom is -0.479 e. The van der Waals surface area contributed by atoms with Crippen molar-refractivity contribution in [2.75, 3.05) is 33.7 Å². The van der Waals surface area contributed by atoms with Gasteiger partial charge in [0.2, 0.25) is 0 Å². The maximum Gasteiger partial charge on any atom is 0.332 e. The number of amides is 1. The summed E-state index contributed by atoms with van der Waals surface area (Å²) in [5.41, 5.74) is 0. The molecule has 2 atom stereocenters. The van der Waals surface area contributed by atoms with E-state index in [1.807, 2.05) is 21.0 Å². The van der Waals surface area contributed by atoms with Gasteiger partial charge in [0.25, 0.3) is 5.91 Å². The Labute approximate surface area is 114 Å². The monoisotopic (exact) mass is 272 g/mol. The van der Waals surface area contributed by atoms with Gasteiger partial charge in [-0.2, -0.15) is 0 Å². The minimum atomic E-state index is -0.981. The van der Waals surface area contributed by atoms with Gasteiger partial charge >= 0.3 is 5.97 Å². The van der Waals surface area contributed by atoms with Crippen LogP contribution in [0.15, 0.2) is 0 Å². The fourth-order valence-electron chi connectivity index (χ4n) is 2.21. The smallest absolute Gasteiger partial charge is 0.332 e. The largest absolute Gasteiger partial charge is 0.479 e. The summed E-state index contributed by atoms with van der Waals surface area (Å²) in [5, 5.41) is 8.86. The average molecular weight is 272 g/mol. The van der Waals surface area contributed by atoms with E-state index >= 15 is 0 Å². The fraction of sp³-hybridized carbons (Fsp3) is 0.846. The predicted octanol–water partition coefficient (Wildman–Crippen LogP) is 0.419. The number of hydrogen-bond donors (Lipinski definition) is 1. The molecule has 0 unspecified atom stereocenters. The number of likely N-dealkylation sites (N-methyl/N-ethyl adjacent to an activating group) is 1. The zero-order valence-corrected chi connectivity index (χ0v) is 12.0. The lowest BCUT2D eigenvalue weighted by molar-refractivity contribution is -0.154. The second kappa shape index (κ2) is 7.45. The van der Waals surface area contributed by atoms with Crippen LogP contribution in [-0.2, 0) is 14.3 Å². The van der Waals surface area contributed by atoms with Crippen LogP contribution in [0.1, 0.15) is 26.2 Å². The Morgan fingerprint density at radius 1 is 1.21 bits per heavy atom. The maximum atomic E-state index is 12.2. The molecule has 1 saturated heterocycles. The van der Waals surface area contributed by atoms with E-state index in [9.17, 15) is 9.59 Å². The van der Waals surface area contributed by atoms with E-state index in [0.29, 0.717) is 25.9 Å². The van der Waals surface area contributed by atoms with Gasteiger partial charge < -0.3 is 19.6 Å². The van der Waals surface area contributed by atoms with Gasteiger partial charge in [-0.05, 0) is 46.8 Å². The Morgan fingerprint density at radius 3 is 2.32 bits per heavy atom. The number of aliphatic carboxylic acids is 1. The zero-order chi connectivity index (χ0) is 14.4. The second-order valence-electron chi connectivity index (χ2n) is 5.10. The van der Waals surface area contributed by atoms with E-state index in [-0.39, 0.29) is 5.91 Å². The molecule has 0 aromatic heterocycles. The molecule has 6 heteroatoms. The number of nitrogens with zero attached hydrogens (tertiary/aromatic N) is 2. The number of rotatable bonds is 7. The van der Waals surface area contributed by atoms with Crippen molar-refractivity contribution < 1.29 is 19.4 Å². The summed E-state index contributed by atoms with van der Waals surface area (Å²) in [6.45, 7) is 4.17. The SMILES string of the molecule is CCN(CCCN(C)C)C(=O)[C@@H]1CC[C@H](C(=O)O)O1. The van der Waals surface area contributed by atoms with Gasteiger partial charge in [-0.15, -0.1) is 0 Å². The van der Waals surface area contributed by atoms with Crippen LogP contribution in [0.25, 0.3) is 0 Å². The lowest BCUT2D eigenvalue weighted by atomic mass is 10.1. The molecule has 6 nitrogen and oxygen atoms in total. The molecule has 0 aliphatic carbocycles. The Kier molecular flexibility index (Phi) is 6.24. The lowest BCUT2D eigenvalue weighted by Gasteiger charge is -2.24. The first-order valence-electron chi connectivity index (χ1n) is 6.77. The molecule has 0 bridgehead atoms. The summed E-state index contributed by atoms with van der Waals surface area (Å²) in [6.07, 6.45) is 0.414. The third-order valence-electron chi connectivity index (χ3n) is 3.30. The van der Waals surface area contributed by atoms with Crippen LogP contribution in [0, 0.1) is 0 Å². The van der Waals surface area contributed by atoms with Crippen LogP contribution in [0.2, 0.25) is 0 Å². The Bertz CT molecular complexity index is 320. The first-order valence-corrected chi connectivity index (χ1v) is 6.77. The molecule has 0 aromatic carbocycles. The highest BCUT2D eigenvalue weighted by molar-refractivity contribution is 5.82. The molecule has 1 fully saturated rings. The number of ether oxygens (including phenoxy) is 1. The zero-order valence-electron chi connectivity index (χ0n) is 12.0. The average Bonchev–Trinajstić information content (AvgIpc) is 2.83. The highest BCUT2D eigenvalue weighted by Gasteiger charge is 2.36. The molecule has 0 saturated carbocycles. The molecule has 1 aliphatic heterocycles. The van der Waals surface area contributed by atoms with Crippen LogP contribution in [-0.4, -0.2) is 72.7 Å². The maximum absolute atomic E-state index is 12.2. The molecule has 1 N–H and O–H groups in total. The van der Waals surface area contributed by atoms with E-state index in [1.54, 1.807) is 4.90 Å². The van der Waals surface area contributed by atoms with Crippen LogP contribution in [0.5, 0.6) is 0 Å². The van der Waals surface area contributed by atoms with E-state index in [2.05, 4.69) is 4.90 Å². The second-order valence-corrected chi connectivity index (χ2v) is 5.10. The molecule has 0 aromatic rings. The van der Waals surface area contributed by atoms with Gasteiger partial charge in [0.15, 0.2) is 6.10 Å². The van der Waals surface area contributed by atoms with Crippen molar-refractivity contribution in [1.82, 2.24) is 9.80 Å². The van der Waals surface area contributed by atoms with Gasteiger partial charge in [-0.3, -0.25) is 4.79 Å². The molecule has 1 amide bonds. The summed E-state index contributed by atoms with van der Waals surface area (Å²) < 4.78 is 5.29. The van der Waals surface area contributed by atoms with Crippen molar-refractivity contribution in [2.24, 2.45) is 0 Å². The molecular weight excluding hydrogens is 248 g/mol. The molecular formula is C13H24N2O4. The number of carboxylic acids is 1. The highest BCUT2D eigenvalue weighted by Crippen LogP contribution is 2.21. The van der Waals surface area contributed by atoms with Crippen molar-refractivity contribution in [3.63, 3.8) is 0 Å². The van der Waals surface area contributed by atoms with E-state index in [1.165, 1.54) is 0 Å². The standard InChI is InChI=1S/C13H24N2O4/c1-4-15(9-5-8-14(2)3)12(16)10-6-7-11(19-10)13(17)18/h10-11H,4-9H2,1-3H3,(H,17,18)/t10-,11+/m0/s1. The van der Waals surface area contributed by atoms with Crippen molar-refractivity contribution >= 4 is 11.9 Å². The summed E-state index contributed by atoms with van der Waals surface area (Å²) in [4.78, 5) is 26.8. The van der Waals surface area contributed by atoms with Crippen molar-refractivity contribution in [3.8, 4) is 0 Å². The predicted molar refractivity (Wildman–Crippen MR) is 71.0 cm³/mol. The molecule has 1 rings (SSSR count). The first kappa shape index (κ1) is 15.9. The summed E-state index contributed by atoms with van der Waals surface area (Å²) in [6, 6.07) is 0. The number of carboxylic acid groups (broad SMARTS) is 1. The van der Waals surface area contributed by atoms with Crippen molar-refractivity contribution in [2.45, 2.75) is 38.4 Å². The molecule has 19 heavy (non-hydrogen) atoms. The van der Waals surface area contributed by atoms with Gasteiger partial charge in [0.05, 0.1) is 0 Å². The Morgan fingerprint density at radius 2 is 1.84 bits per heavy atom. The molecule has 0 radical (unpaired) electrons. The normalized spacial score (nSPS) is 22.7. The van der Waals surface area contributed by atoms with Gasteiger partial charge in [0, 0.05) is 13.1 Å². The Hall–Kier alpha value is -1.14. The molecule has 1 heterocycles. The van der Waals surface area contributed by atoms with Crippen LogP contribution in [0.4, 0.5) is 0 Å². The van der Waals surface area contributed by atoms with Crippen LogP contribution < -0.4 is 0 Å². The highest BCUT2D eigenvalue weighted by atomic mass is 16.5. The topological polar surface area (TPSA) is 70.1 Å². The molecule has 1 aliphatic rings. The third kappa shape index (κ3) is 4.80. The van der Waals surface area contributed by atoms with Gasteiger partial charge in [-0.25, -0.2) is 4.79 Å². The van der Waals surface area contributed by atoms with Gasteiger partial charge in [-0.1, -0.05) is 0 Å². The number of carbonyl (C=O) groups is 2. The lowest BCUT2D eigenvalue weighted by Crippen LogP contribution is -2.40. The first-order chi connectivity index (χ1) is 8.95. The minimum absolute atomic E-state index is 0.0787. The third-order valence-corrected chi connectivity index (χ3v) is 3.30. The Balaban J connectivity index is 2.43. The summed E-state index contributed by atoms with van der Waals surface area (Å²) in [7, 11) is 3.99. The summed E-state index contributed by atoms with van der Waals surface area (Å²) >= 11 is 0. The number of carbonyl (C=O) groups excluding carboxylic acids is 1. The van der Waals surface area contributed by atoms with E-state index < -0.39 is 18.2 Å². The van der Waals surface area contributed by atoms with Crippen LogP contribution >= 0.6 is 0 Å². The van der Waals surface area contributed by atoms with Gasteiger partial charge in [0.1, 0.15) is 6.10 Å². The molecule has 0 spiro atoms. The summed E-state index contributed by atoms with van der Waals surface area (Å²) in [5.74, 6) is -1.06. The van der Waals surface area contributed by atoms with Crippen molar-refractivity contribution in [1.29, 1.82) is 0 Å². The fourth-order valence-corrected chi connectivity index (χ4v) is 2.21. The van der Waals surface area contributed by atoms with Crippen LogP contribution in [0.3, 0.4) is 0 Å². The van der Waals surface area contributed by atoms with Crippen molar-refractivity contribution in [3.05, 3.63) is 0 Å².